The number of nitrogens with one attached hydrogen (secondary N) is 1. The molecule has 4 rings (SSSR count). The first-order valence-corrected chi connectivity index (χ1v) is 13.3. The highest BCUT2D eigenvalue weighted by Crippen LogP contribution is 2.25. The van der Waals surface area contributed by atoms with Crippen LogP contribution in [0.25, 0.3) is 0 Å². The number of carbonyl (C=O) groups is 3. The van der Waals surface area contributed by atoms with E-state index in [9.17, 15) is 18.8 Å². The molecule has 3 unspecified atom stereocenters. The molecule has 0 saturated carbocycles. The number of amides is 3. The topological polar surface area (TPSA) is 69.7 Å². The number of likely N-dealkylation sites (tertiary alicyclic amines) is 1. The average molecular weight is 508 g/mol. The third-order valence-corrected chi connectivity index (χ3v) is 7.72. The van der Waals surface area contributed by atoms with Crippen LogP contribution in [0.15, 0.2) is 36.4 Å². The Labute approximate surface area is 219 Å². The molecule has 0 spiro atoms. The van der Waals surface area contributed by atoms with Gasteiger partial charge in [-0.2, -0.15) is 0 Å². The molecular formula is C30H38FN3O3. The van der Waals surface area contributed by atoms with Gasteiger partial charge in [-0.15, -0.1) is 0 Å². The van der Waals surface area contributed by atoms with E-state index in [4.69, 9.17) is 0 Å². The molecule has 1 N–H and O–H groups in total. The van der Waals surface area contributed by atoms with Crippen molar-refractivity contribution >= 4 is 18.2 Å². The van der Waals surface area contributed by atoms with Crippen molar-refractivity contribution in [2.45, 2.75) is 72.0 Å². The van der Waals surface area contributed by atoms with Crippen LogP contribution in [0.2, 0.25) is 0 Å². The monoisotopic (exact) mass is 507 g/mol. The minimum atomic E-state index is -0.669. The minimum absolute atomic E-state index is 0.198. The maximum atomic E-state index is 14.8. The van der Waals surface area contributed by atoms with Gasteiger partial charge < -0.3 is 4.90 Å². The molecule has 2 aromatic carbocycles. The number of hydrogen-bond donors (Lipinski definition) is 1. The highest BCUT2D eigenvalue weighted by Gasteiger charge is 2.31. The maximum absolute atomic E-state index is 14.8. The Hall–Kier alpha value is -3.06. The molecule has 0 aromatic heterocycles. The Morgan fingerprint density at radius 3 is 2.51 bits per heavy atom. The molecule has 2 fully saturated rings. The first kappa shape index (κ1) is 27.0. The lowest BCUT2D eigenvalue weighted by Gasteiger charge is -2.35. The number of benzene rings is 2. The first-order valence-electron chi connectivity index (χ1n) is 13.3. The zero-order chi connectivity index (χ0) is 26.5. The molecule has 2 aromatic rings. The largest absolute Gasteiger partial charge is 0.329 e. The average Bonchev–Trinajstić information content (AvgIpc) is 2.84. The van der Waals surface area contributed by atoms with E-state index < -0.39 is 11.9 Å². The fourth-order valence-corrected chi connectivity index (χ4v) is 5.99. The van der Waals surface area contributed by atoms with Crippen LogP contribution in [0.4, 0.5) is 4.39 Å². The molecule has 2 aliphatic rings. The Morgan fingerprint density at radius 2 is 1.81 bits per heavy atom. The molecule has 3 atom stereocenters. The van der Waals surface area contributed by atoms with E-state index >= 15 is 0 Å². The number of carbonyl (C=O) groups excluding carboxylic acids is 3. The number of piperidine rings is 2. The molecule has 2 heterocycles. The lowest BCUT2D eigenvalue weighted by Crippen LogP contribution is -2.51. The van der Waals surface area contributed by atoms with Crippen molar-refractivity contribution in [3.63, 3.8) is 0 Å². The third-order valence-electron chi connectivity index (χ3n) is 7.72. The van der Waals surface area contributed by atoms with Crippen molar-refractivity contribution in [2.24, 2.45) is 11.8 Å². The van der Waals surface area contributed by atoms with E-state index in [1.54, 1.807) is 6.07 Å². The van der Waals surface area contributed by atoms with E-state index in [1.807, 2.05) is 37.3 Å². The normalized spacial score (nSPS) is 22.5. The van der Waals surface area contributed by atoms with E-state index in [1.165, 1.54) is 11.3 Å². The predicted octanol–water partition coefficient (Wildman–Crippen LogP) is 4.16. The van der Waals surface area contributed by atoms with E-state index in [0.717, 1.165) is 41.9 Å². The minimum Gasteiger partial charge on any atom is -0.329 e. The van der Waals surface area contributed by atoms with Crippen molar-refractivity contribution in [1.29, 1.82) is 0 Å². The van der Waals surface area contributed by atoms with Gasteiger partial charge in [-0.05, 0) is 78.3 Å². The Kier molecular flexibility index (Phi) is 8.75. The van der Waals surface area contributed by atoms with Gasteiger partial charge >= 0.3 is 0 Å². The molecule has 7 heteroatoms. The Balaban J connectivity index is 1.47. The van der Waals surface area contributed by atoms with Crippen molar-refractivity contribution in [1.82, 2.24) is 15.1 Å². The van der Waals surface area contributed by atoms with Crippen molar-refractivity contribution in [3.8, 4) is 0 Å². The van der Waals surface area contributed by atoms with Gasteiger partial charge in [-0.1, -0.05) is 44.2 Å². The van der Waals surface area contributed by atoms with Crippen molar-refractivity contribution < 1.29 is 18.8 Å². The highest BCUT2D eigenvalue weighted by molar-refractivity contribution is 6.00. The lowest BCUT2D eigenvalue weighted by molar-refractivity contribution is -0.141. The molecule has 6 nitrogen and oxygen atoms in total. The van der Waals surface area contributed by atoms with Gasteiger partial charge in [0, 0.05) is 32.6 Å². The zero-order valence-corrected chi connectivity index (χ0v) is 22.1. The second-order valence-electron chi connectivity index (χ2n) is 11.0. The number of aryl methyl sites for hydroxylation is 3. The first-order chi connectivity index (χ1) is 17.7. The SMILES string of the molecule is Cc1cccc(CCc2cc(CN3CC(C)CC(C)C3)ccc2F)c1CN(C=O)C1CCC(=O)NC1=O. The van der Waals surface area contributed by atoms with E-state index in [-0.39, 0.29) is 24.7 Å². The van der Waals surface area contributed by atoms with E-state index in [2.05, 4.69) is 24.1 Å². The van der Waals surface area contributed by atoms with Crippen molar-refractivity contribution in [3.05, 3.63) is 70.0 Å². The molecule has 0 aliphatic carbocycles. The van der Waals surface area contributed by atoms with Gasteiger partial charge in [0.05, 0.1) is 0 Å². The standard InChI is InChI=1S/C30H38FN3O3/c1-20-13-21(2)16-33(15-20)17-23-7-10-27(31)25(14-23)9-8-24-6-4-5-22(3)26(24)18-34(19-35)28-11-12-29(36)32-30(28)37/h4-7,10,14,19-21,28H,8-9,11-13,15-18H2,1-3H3,(H,32,36,37). The van der Waals surface area contributed by atoms with Crippen LogP contribution in [0.3, 0.4) is 0 Å². The van der Waals surface area contributed by atoms with Gasteiger partial charge in [0.2, 0.25) is 18.2 Å². The quantitative estimate of drug-likeness (QED) is 0.409. The molecule has 0 radical (unpaired) electrons. The summed E-state index contributed by atoms with van der Waals surface area (Å²) < 4.78 is 14.8. The zero-order valence-electron chi connectivity index (χ0n) is 22.1. The molecule has 0 bridgehead atoms. The maximum Gasteiger partial charge on any atom is 0.249 e. The summed E-state index contributed by atoms with van der Waals surface area (Å²) in [5.41, 5.74) is 4.83. The summed E-state index contributed by atoms with van der Waals surface area (Å²) in [7, 11) is 0. The van der Waals surface area contributed by atoms with Crippen LogP contribution < -0.4 is 5.32 Å². The summed E-state index contributed by atoms with van der Waals surface area (Å²) >= 11 is 0. The fraction of sp³-hybridized carbons (Fsp3) is 0.500. The lowest BCUT2D eigenvalue weighted by atomic mass is 9.91. The Morgan fingerprint density at radius 1 is 1.08 bits per heavy atom. The van der Waals surface area contributed by atoms with Crippen LogP contribution in [0.1, 0.15) is 60.9 Å². The number of imide groups is 1. The number of hydrogen-bond acceptors (Lipinski definition) is 4. The van der Waals surface area contributed by atoms with Gasteiger partial charge in [0.15, 0.2) is 0 Å². The summed E-state index contributed by atoms with van der Waals surface area (Å²) in [6.45, 7) is 9.82. The number of nitrogens with zero attached hydrogens (tertiary/aromatic N) is 2. The van der Waals surface area contributed by atoms with Gasteiger partial charge in [-0.3, -0.25) is 24.6 Å². The number of halogens is 1. The molecule has 37 heavy (non-hydrogen) atoms. The van der Waals surface area contributed by atoms with Crippen molar-refractivity contribution in [2.75, 3.05) is 13.1 Å². The van der Waals surface area contributed by atoms with Crippen LogP contribution in [-0.2, 0) is 40.3 Å². The van der Waals surface area contributed by atoms with Crippen LogP contribution in [0, 0.1) is 24.6 Å². The Bertz CT molecular complexity index is 1140. The molecule has 2 saturated heterocycles. The summed E-state index contributed by atoms with van der Waals surface area (Å²) in [5, 5.41) is 2.33. The molecule has 2 aliphatic heterocycles. The third kappa shape index (κ3) is 6.83. The van der Waals surface area contributed by atoms with E-state index in [0.29, 0.717) is 43.1 Å². The van der Waals surface area contributed by atoms with Crippen LogP contribution in [0.5, 0.6) is 0 Å². The summed E-state index contributed by atoms with van der Waals surface area (Å²) in [4.78, 5) is 39.8. The summed E-state index contributed by atoms with van der Waals surface area (Å²) in [6.07, 6.45) is 3.64. The highest BCUT2D eigenvalue weighted by atomic mass is 19.1. The summed E-state index contributed by atoms with van der Waals surface area (Å²) in [5.74, 6) is 0.410. The second-order valence-corrected chi connectivity index (χ2v) is 11.0. The number of rotatable bonds is 9. The van der Waals surface area contributed by atoms with Gasteiger partial charge in [-0.25, -0.2) is 4.39 Å². The second kappa shape index (κ2) is 12.0. The van der Waals surface area contributed by atoms with Gasteiger partial charge in [0.25, 0.3) is 0 Å². The van der Waals surface area contributed by atoms with Crippen LogP contribution >= 0.6 is 0 Å². The molecular weight excluding hydrogens is 469 g/mol. The molecule has 198 valence electrons. The fourth-order valence-electron chi connectivity index (χ4n) is 5.99. The predicted molar refractivity (Wildman–Crippen MR) is 141 cm³/mol. The summed E-state index contributed by atoms with van der Waals surface area (Å²) in [6, 6.07) is 10.8. The molecule has 3 amide bonds. The van der Waals surface area contributed by atoms with Crippen LogP contribution in [-0.4, -0.2) is 47.2 Å². The van der Waals surface area contributed by atoms with Gasteiger partial charge in [0.1, 0.15) is 11.9 Å². The smallest absolute Gasteiger partial charge is 0.249 e.